The Kier molecular flexibility index (Phi) is 5.08. The summed E-state index contributed by atoms with van der Waals surface area (Å²) in [7, 11) is 2.00. The molecule has 2 aromatic heterocycles. The molecule has 0 saturated carbocycles. The SMILES string of the molecule is Cc1ccn(-c2ccc(CNCc3cc(-c4ccccc4)nn3C)c(C)c2)n1. The van der Waals surface area contributed by atoms with Gasteiger partial charge in [-0.15, -0.1) is 0 Å². The number of rotatable bonds is 6. The second-order valence-electron chi connectivity index (χ2n) is 7.13. The molecule has 4 rings (SSSR count). The molecule has 1 N–H and O–H groups in total. The predicted molar refractivity (Wildman–Crippen MR) is 112 cm³/mol. The predicted octanol–water partition coefficient (Wildman–Crippen LogP) is 4.18. The normalized spacial score (nSPS) is 11.1. The van der Waals surface area contributed by atoms with Gasteiger partial charge in [-0.2, -0.15) is 10.2 Å². The van der Waals surface area contributed by atoms with Crippen molar-refractivity contribution in [1.29, 1.82) is 0 Å². The summed E-state index contributed by atoms with van der Waals surface area (Å²) < 4.78 is 3.87. The quantitative estimate of drug-likeness (QED) is 0.553. The van der Waals surface area contributed by atoms with Crippen LogP contribution >= 0.6 is 0 Å². The highest BCUT2D eigenvalue weighted by atomic mass is 15.3. The van der Waals surface area contributed by atoms with Crippen molar-refractivity contribution in [3.05, 3.63) is 89.4 Å². The number of aryl methyl sites for hydroxylation is 3. The van der Waals surface area contributed by atoms with Crippen molar-refractivity contribution in [1.82, 2.24) is 24.9 Å². The first-order valence-electron chi connectivity index (χ1n) is 9.51. The van der Waals surface area contributed by atoms with Crippen molar-refractivity contribution in [2.45, 2.75) is 26.9 Å². The standard InChI is InChI=1S/C23H25N5/c1-17-13-21(28-12-11-18(2)25-28)10-9-20(17)15-24-16-22-14-23(26-27(22)3)19-7-5-4-6-8-19/h4-14,24H,15-16H2,1-3H3. The highest BCUT2D eigenvalue weighted by molar-refractivity contribution is 5.59. The van der Waals surface area contributed by atoms with Crippen LogP contribution in [0.3, 0.4) is 0 Å². The van der Waals surface area contributed by atoms with Crippen molar-refractivity contribution in [3.8, 4) is 16.9 Å². The molecule has 0 aliphatic carbocycles. The molecule has 0 saturated heterocycles. The molecule has 4 aromatic rings. The molecule has 5 nitrogen and oxygen atoms in total. The molecule has 0 aliphatic heterocycles. The molecule has 0 unspecified atom stereocenters. The third kappa shape index (κ3) is 3.89. The van der Waals surface area contributed by atoms with Gasteiger partial charge in [-0.3, -0.25) is 4.68 Å². The second kappa shape index (κ2) is 7.82. The van der Waals surface area contributed by atoms with Gasteiger partial charge in [-0.05, 0) is 49.2 Å². The number of benzene rings is 2. The molecule has 0 aliphatic rings. The second-order valence-corrected chi connectivity index (χ2v) is 7.13. The summed E-state index contributed by atoms with van der Waals surface area (Å²) in [6.07, 6.45) is 1.99. The number of hydrogen-bond acceptors (Lipinski definition) is 3. The van der Waals surface area contributed by atoms with Gasteiger partial charge < -0.3 is 5.32 Å². The van der Waals surface area contributed by atoms with E-state index in [1.54, 1.807) is 0 Å². The minimum Gasteiger partial charge on any atom is -0.307 e. The zero-order chi connectivity index (χ0) is 19.5. The smallest absolute Gasteiger partial charge is 0.0926 e. The Morgan fingerprint density at radius 3 is 2.43 bits per heavy atom. The Hall–Kier alpha value is -3.18. The van der Waals surface area contributed by atoms with Gasteiger partial charge in [0.05, 0.1) is 22.8 Å². The van der Waals surface area contributed by atoms with Gasteiger partial charge >= 0.3 is 0 Å². The summed E-state index contributed by atoms with van der Waals surface area (Å²) in [4.78, 5) is 0. The van der Waals surface area contributed by atoms with Crippen LogP contribution in [-0.2, 0) is 20.1 Å². The van der Waals surface area contributed by atoms with E-state index in [0.717, 1.165) is 35.7 Å². The van der Waals surface area contributed by atoms with E-state index in [2.05, 4.69) is 58.8 Å². The maximum Gasteiger partial charge on any atom is 0.0926 e. The maximum absolute atomic E-state index is 4.64. The van der Waals surface area contributed by atoms with E-state index in [1.807, 2.05) is 53.8 Å². The lowest BCUT2D eigenvalue weighted by atomic mass is 10.1. The molecule has 0 spiro atoms. The van der Waals surface area contributed by atoms with E-state index in [9.17, 15) is 0 Å². The minimum absolute atomic E-state index is 0.774. The van der Waals surface area contributed by atoms with Crippen molar-refractivity contribution in [3.63, 3.8) is 0 Å². The number of hydrogen-bond donors (Lipinski definition) is 1. The Bertz CT molecular complexity index is 1080. The van der Waals surface area contributed by atoms with Gasteiger partial charge in [0.2, 0.25) is 0 Å². The van der Waals surface area contributed by atoms with Gasteiger partial charge in [-0.1, -0.05) is 36.4 Å². The Morgan fingerprint density at radius 1 is 0.893 bits per heavy atom. The van der Waals surface area contributed by atoms with Crippen LogP contribution in [0.2, 0.25) is 0 Å². The lowest BCUT2D eigenvalue weighted by Crippen LogP contribution is -2.16. The topological polar surface area (TPSA) is 47.7 Å². The molecule has 2 heterocycles. The fraction of sp³-hybridized carbons (Fsp3) is 0.217. The van der Waals surface area contributed by atoms with Crippen LogP contribution in [0.4, 0.5) is 0 Å². The summed E-state index contributed by atoms with van der Waals surface area (Å²) in [5.41, 5.74) is 7.98. The third-order valence-electron chi connectivity index (χ3n) is 4.98. The lowest BCUT2D eigenvalue weighted by Gasteiger charge is -2.10. The first-order chi connectivity index (χ1) is 13.6. The van der Waals surface area contributed by atoms with E-state index < -0.39 is 0 Å². The van der Waals surface area contributed by atoms with Gasteiger partial charge in [-0.25, -0.2) is 4.68 Å². The first kappa shape index (κ1) is 18.2. The van der Waals surface area contributed by atoms with E-state index in [0.29, 0.717) is 0 Å². The minimum atomic E-state index is 0.774. The first-order valence-corrected chi connectivity index (χ1v) is 9.51. The van der Waals surface area contributed by atoms with E-state index in [1.165, 1.54) is 16.8 Å². The van der Waals surface area contributed by atoms with Crippen LogP contribution < -0.4 is 5.32 Å². The van der Waals surface area contributed by atoms with Crippen molar-refractivity contribution in [2.75, 3.05) is 0 Å². The van der Waals surface area contributed by atoms with Crippen LogP contribution in [0.15, 0.2) is 66.9 Å². The van der Waals surface area contributed by atoms with Gasteiger partial charge in [0.15, 0.2) is 0 Å². The third-order valence-corrected chi connectivity index (χ3v) is 4.98. The molecule has 5 heteroatoms. The van der Waals surface area contributed by atoms with Crippen LogP contribution in [0.1, 0.15) is 22.5 Å². The molecular formula is C23H25N5. The molecule has 0 amide bonds. The number of nitrogens with one attached hydrogen (secondary N) is 1. The number of nitrogens with zero attached hydrogens (tertiary/aromatic N) is 4. The Labute approximate surface area is 165 Å². The summed E-state index contributed by atoms with van der Waals surface area (Å²) >= 11 is 0. The molecule has 28 heavy (non-hydrogen) atoms. The summed E-state index contributed by atoms with van der Waals surface area (Å²) in [6, 6.07) is 20.9. The summed E-state index contributed by atoms with van der Waals surface area (Å²) in [5.74, 6) is 0. The molecule has 0 bridgehead atoms. The summed E-state index contributed by atoms with van der Waals surface area (Å²) in [5, 5.41) is 12.7. The largest absolute Gasteiger partial charge is 0.307 e. The lowest BCUT2D eigenvalue weighted by molar-refractivity contribution is 0.625. The van der Waals surface area contributed by atoms with Crippen molar-refractivity contribution in [2.24, 2.45) is 7.05 Å². The van der Waals surface area contributed by atoms with Gasteiger partial charge in [0.25, 0.3) is 0 Å². The molecule has 2 aromatic carbocycles. The van der Waals surface area contributed by atoms with Gasteiger partial charge in [0.1, 0.15) is 0 Å². The van der Waals surface area contributed by atoms with Crippen LogP contribution in [0.5, 0.6) is 0 Å². The van der Waals surface area contributed by atoms with Crippen LogP contribution in [0.25, 0.3) is 16.9 Å². The van der Waals surface area contributed by atoms with E-state index >= 15 is 0 Å². The Balaban J connectivity index is 1.41. The van der Waals surface area contributed by atoms with E-state index in [-0.39, 0.29) is 0 Å². The average Bonchev–Trinajstić information content (AvgIpc) is 3.30. The average molecular weight is 371 g/mol. The maximum atomic E-state index is 4.64. The molecule has 0 fully saturated rings. The number of aromatic nitrogens is 4. The Morgan fingerprint density at radius 2 is 1.71 bits per heavy atom. The molecule has 142 valence electrons. The van der Waals surface area contributed by atoms with Gasteiger partial charge in [0, 0.05) is 31.9 Å². The zero-order valence-electron chi connectivity index (χ0n) is 16.6. The molecule has 0 radical (unpaired) electrons. The monoisotopic (exact) mass is 371 g/mol. The highest BCUT2D eigenvalue weighted by Gasteiger charge is 2.08. The van der Waals surface area contributed by atoms with Crippen LogP contribution in [-0.4, -0.2) is 19.6 Å². The van der Waals surface area contributed by atoms with Crippen LogP contribution in [0, 0.1) is 13.8 Å². The molecule has 0 atom stereocenters. The highest BCUT2D eigenvalue weighted by Crippen LogP contribution is 2.19. The van der Waals surface area contributed by atoms with E-state index in [4.69, 9.17) is 0 Å². The van der Waals surface area contributed by atoms with Crippen molar-refractivity contribution >= 4 is 0 Å². The molecular weight excluding hydrogens is 346 g/mol. The zero-order valence-corrected chi connectivity index (χ0v) is 16.6. The fourth-order valence-corrected chi connectivity index (χ4v) is 3.33. The fourth-order valence-electron chi connectivity index (χ4n) is 3.33. The summed E-state index contributed by atoms with van der Waals surface area (Å²) in [6.45, 7) is 5.74. The van der Waals surface area contributed by atoms with Crippen molar-refractivity contribution < 1.29 is 0 Å².